The lowest BCUT2D eigenvalue weighted by Gasteiger charge is -2.05. The number of halogens is 3. The topological polar surface area (TPSA) is 7.76 Å². The van der Waals surface area contributed by atoms with Crippen LogP contribution < -0.4 is 9.13 Å². The van der Waals surface area contributed by atoms with Crippen molar-refractivity contribution in [3.05, 3.63) is 61.2 Å². The average Bonchev–Trinajstić information content (AvgIpc) is 2.65. The van der Waals surface area contributed by atoms with Crippen LogP contribution >= 0.6 is 0 Å². The van der Waals surface area contributed by atoms with Crippen LogP contribution in [0.15, 0.2) is 61.2 Å². The lowest BCUT2D eigenvalue weighted by molar-refractivity contribution is -0.697. The van der Waals surface area contributed by atoms with Gasteiger partial charge in [0.1, 0.15) is 13.1 Å². The molecular formula is C22H25F3N2+2. The van der Waals surface area contributed by atoms with Gasteiger partial charge in [0.05, 0.1) is 0 Å². The second kappa shape index (κ2) is 8.51. The third-order valence-corrected chi connectivity index (χ3v) is 4.71. The molecule has 0 aliphatic heterocycles. The Balaban J connectivity index is 1.73. The maximum Gasteiger partial charge on any atom is 0.389 e. The zero-order chi connectivity index (χ0) is 19.3. The van der Waals surface area contributed by atoms with E-state index >= 15 is 0 Å². The van der Waals surface area contributed by atoms with Gasteiger partial charge in [0, 0.05) is 42.8 Å². The van der Waals surface area contributed by atoms with Crippen LogP contribution in [0, 0.1) is 0 Å². The van der Waals surface area contributed by atoms with Gasteiger partial charge in [-0.1, -0.05) is 19.4 Å². The standard InChI is InChI=1S/C22H25F3N2/c1-2-3-11-26-13-7-18(8-14-26)19-5-6-21-17-27(15-9-20(21)16-19)12-4-10-22(23,24)25/h5-9,13-17H,2-4,10-12H2,1H3/q+2. The third-order valence-electron chi connectivity index (χ3n) is 4.71. The van der Waals surface area contributed by atoms with E-state index in [1.54, 1.807) is 0 Å². The number of aryl methyl sites for hydroxylation is 2. The first-order chi connectivity index (χ1) is 12.9. The molecule has 0 unspecified atom stereocenters. The van der Waals surface area contributed by atoms with Gasteiger partial charge >= 0.3 is 6.18 Å². The highest BCUT2D eigenvalue weighted by Crippen LogP contribution is 2.23. The quantitative estimate of drug-likeness (QED) is 0.501. The second-order valence-corrected chi connectivity index (χ2v) is 6.92. The predicted molar refractivity (Wildman–Crippen MR) is 100.0 cm³/mol. The molecule has 3 rings (SSSR count). The highest BCUT2D eigenvalue weighted by molar-refractivity contribution is 5.85. The number of alkyl halides is 3. The van der Waals surface area contributed by atoms with Crippen LogP contribution in [0.3, 0.4) is 0 Å². The van der Waals surface area contributed by atoms with E-state index in [1.165, 1.54) is 12.8 Å². The van der Waals surface area contributed by atoms with E-state index in [0.717, 1.165) is 28.4 Å². The van der Waals surface area contributed by atoms with Crippen LogP contribution in [-0.4, -0.2) is 6.18 Å². The molecule has 0 saturated carbocycles. The summed E-state index contributed by atoms with van der Waals surface area (Å²) in [6, 6.07) is 12.4. The summed E-state index contributed by atoms with van der Waals surface area (Å²) in [5.74, 6) is 0. The Morgan fingerprint density at radius 3 is 2.19 bits per heavy atom. The molecule has 2 nitrogen and oxygen atoms in total. The van der Waals surface area contributed by atoms with Gasteiger partial charge in [0.2, 0.25) is 0 Å². The third kappa shape index (κ3) is 5.52. The van der Waals surface area contributed by atoms with Crippen LogP contribution in [0.2, 0.25) is 0 Å². The summed E-state index contributed by atoms with van der Waals surface area (Å²) in [6.07, 6.45) is 5.59. The van der Waals surface area contributed by atoms with E-state index in [-0.39, 0.29) is 6.42 Å². The second-order valence-electron chi connectivity index (χ2n) is 6.92. The van der Waals surface area contributed by atoms with Gasteiger partial charge in [0.15, 0.2) is 24.8 Å². The van der Waals surface area contributed by atoms with Crippen molar-refractivity contribution in [3.8, 4) is 11.1 Å². The summed E-state index contributed by atoms with van der Waals surface area (Å²) < 4.78 is 40.9. The molecular weight excluding hydrogens is 349 g/mol. The molecule has 1 aromatic carbocycles. The molecule has 2 aromatic heterocycles. The minimum Gasteiger partial charge on any atom is -0.205 e. The number of benzene rings is 1. The van der Waals surface area contributed by atoms with Crippen molar-refractivity contribution >= 4 is 10.8 Å². The Morgan fingerprint density at radius 2 is 1.48 bits per heavy atom. The molecule has 0 amide bonds. The molecule has 0 fully saturated rings. The Hall–Kier alpha value is -2.43. The molecule has 2 heterocycles. The maximum atomic E-state index is 12.3. The molecule has 0 atom stereocenters. The van der Waals surface area contributed by atoms with Crippen LogP contribution in [-0.2, 0) is 13.1 Å². The lowest BCUT2D eigenvalue weighted by Crippen LogP contribution is -2.33. The van der Waals surface area contributed by atoms with E-state index in [4.69, 9.17) is 0 Å². The first-order valence-electron chi connectivity index (χ1n) is 9.44. The van der Waals surface area contributed by atoms with E-state index in [1.807, 2.05) is 29.1 Å². The summed E-state index contributed by atoms with van der Waals surface area (Å²) in [7, 11) is 0. The van der Waals surface area contributed by atoms with Gasteiger partial charge in [-0.2, -0.15) is 13.2 Å². The van der Waals surface area contributed by atoms with Crippen molar-refractivity contribution in [1.82, 2.24) is 0 Å². The number of fused-ring (bicyclic) bond motifs is 1. The van der Waals surface area contributed by atoms with E-state index < -0.39 is 12.6 Å². The van der Waals surface area contributed by atoms with Crippen molar-refractivity contribution in [2.75, 3.05) is 0 Å². The fraction of sp³-hybridized carbons (Fsp3) is 0.364. The van der Waals surface area contributed by atoms with E-state index in [0.29, 0.717) is 6.54 Å². The van der Waals surface area contributed by atoms with Gasteiger partial charge in [-0.15, -0.1) is 0 Å². The molecule has 0 saturated heterocycles. The summed E-state index contributed by atoms with van der Waals surface area (Å²) in [4.78, 5) is 0. The maximum absolute atomic E-state index is 12.3. The molecule has 0 spiro atoms. The van der Waals surface area contributed by atoms with Gasteiger partial charge in [-0.25, -0.2) is 9.13 Å². The molecule has 0 radical (unpaired) electrons. The first-order valence-corrected chi connectivity index (χ1v) is 9.44. The number of hydrogen-bond donors (Lipinski definition) is 0. The Kier molecular flexibility index (Phi) is 6.09. The molecule has 0 N–H and O–H groups in total. The zero-order valence-corrected chi connectivity index (χ0v) is 15.5. The Bertz CT molecular complexity index is 886. The average molecular weight is 374 g/mol. The fourth-order valence-corrected chi connectivity index (χ4v) is 3.15. The minimum absolute atomic E-state index is 0.0970. The van der Waals surface area contributed by atoms with Crippen molar-refractivity contribution < 1.29 is 22.3 Å². The normalized spacial score (nSPS) is 11.9. The Morgan fingerprint density at radius 1 is 0.778 bits per heavy atom. The summed E-state index contributed by atoms with van der Waals surface area (Å²) >= 11 is 0. The number of nitrogens with zero attached hydrogens (tertiary/aromatic N) is 2. The highest BCUT2D eigenvalue weighted by atomic mass is 19.4. The van der Waals surface area contributed by atoms with Crippen molar-refractivity contribution in [2.24, 2.45) is 0 Å². The van der Waals surface area contributed by atoms with Crippen molar-refractivity contribution in [1.29, 1.82) is 0 Å². The number of unbranched alkanes of at least 4 members (excludes halogenated alkanes) is 1. The molecule has 0 aliphatic carbocycles. The van der Waals surface area contributed by atoms with Gasteiger partial charge in [-0.3, -0.25) is 0 Å². The van der Waals surface area contributed by atoms with Gasteiger partial charge in [-0.05, 0) is 28.6 Å². The Labute approximate surface area is 157 Å². The summed E-state index contributed by atoms with van der Waals surface area (Å²) in [5.41, 5.74) is 2.30. The van der Waals surface area contributed by atoms with Gasteiger partial charge < -0.3 is 0 Å². The zero-order valence-electron chi connectivity index (χ0n) is 15.5. The van der Waals surface area contributed by atoms with Crippen LogP contribution in [0.4, 0.5) is 13.2 Å². The van der Waals surface area contributed by atoms with Crippen LogP contribution in [0.5, 0.6) is 0 Å². The number of rotatable bonds is 7. The van der Waals surface area contributed by atoms with Crippen molar-refractivity contribution in [2.45, 2.75) is 51.9 Å². The van der Waals surface area contributed by atoms with E-state index in [9.17, 15) is 13.2 Å². The molecule has 27 heavy (non-hydrogen) atoms. The molecule has 142 valence electrons. The van der Waals surface area contributed by atoms with Crippen molar-refractivity contribution in [3.63, 3.8) is 0 Å². The molecule has 3 aromatic rings. The van der Waals surface area contributed by atoms with Gasteiger partial charge in [0.25, 0.3) is 0 Å². The molecule has 0 aliphatic rings. The monoisotopic (exact) mass is 374 g/mol. The van der Waals surface area contributed by atoms with E-state index in [2.05, 4.69) is 48.1 Å². The number of aromatic nitrogens is 2. The fourth-order valence-electron chi connectivity index (χ4n) is 3.15. The minimum atomic E-state index is -4.09. The van der Waals surface area contributed by atoms with Crippen LogP contribution in [0.25, 0.3) is 21.9 Å². The lowest BCUT2D eigenvalue weighted by atomic mass is 10.0. The molecule has 0 bridgehead atoms. The van der Waals surface area contributed by atoms with Crippen LogP contribution in [0.1, 0.15) is 32.6 Å². The largest absolute Gasteiger partial charge is 0.389 e. The first kappa shape index (κ1) is 19.3. The SMILES string of the molecule is CCCC[n+]1ccc(-c2ccc3c[n+](CCCC(F)(F)F)ccc3c2)cc1. The number of hydrogen-bond acceptors (Lipinski definition) is 0. The molecule has 5 heteroatoms. The highest BCUT2D eigenvalue weighted by Gasteiger charge is 2.26. The number of pyridine rings is 2. The summed E-state index contributed by atoms with van der Waals surface area (Å²) in [6.45, 7) is 3.58. The summed E-state index contributed by atoms with van der Waals surface area (Å²) in [5, 5.41) is 2.12. The smallest absolute Gasteiger partial charge is 0.205 e. The predicted octanol–water partition coefficient (Wildman–Crippen LogP) is 5.22.